The monoisotopic (exact) mass is 257 g/mol. The van der Waals surface area contributed by atoms with Crippen molar-refractivity contribution >= 4 is 28.7 Å². The van der Waals surface area contributed by atoms with Crippen LogP contribution in [0.2, 0.25) is 0 Å². The van der Waals surface area contributed by atoms with Crippen LogP contribution in [0.15, 0.2) is 5.38 Å². The fraction of sp³-hybridized carbons (Fsp3) is 0.636. The van der Waals surface area contributed by atoms with Crippen molar-refractivity contribution in [2.45, 2.75) is 27.2 Å². The average Bonchev–Trinajstić information content (AvgIpc) is 2.61. The van der Waals surface area contributed by atoms with Gasteiger partial charge in [-0.25, -0.2) is 4.98 Å². The first kappa shape index (κ1) is 13.4. The SMILES string of the molecule is Cc1csc(CCNC(=S)NCC(C)C)n1. The maximum atomic E-state index is 5.15. The second kappa shape index (κ2) is 6.81. The Morgan fingerprint density at radius 3 is 2.81 bits per heavy atom. The van der Waals surface area contributed by atoms with Crippen LogP contribution in [0.3, 0.4) is 0 Å². The van der Waals surface area contributed by atoms with Gasteiger partial charge in [-0.2, -0.15) is 0 Å². The maximum absolute atomic E-state index is 5.15. The molecule has 0 bridgehead atoms. The third-order valence-corrected chi connectivity index (χ3v) is 3.28. The van der Waals surface area contributed by atoms with Crippen molar-refractivity contribution in [3.63, 3.8) is 0 Å². The van der Waals surface area contributed by atoms with E-state index in [4.69, 9.17) is 12.2 Å². The molecule has 0 saturated carbocycles. The molecule has 2 N–H and O–H groups in total. The molecule has 0 atom stereocenters. The number of hydrogen-bond acceptors (Lipinski definition) is 3. The number of aryl methyl sites for hydroxylation is 1. The third-order valence-electron chi connectivity index (χ3n) is 1.96. The zero-order valence-corrected chi connectivity index (χ0v) is 11.7. The van der Waals surface area contributed by atoms with Crippen LogP contribution in [-0.2, 0) is 6.42 Å². The molecule has 0 aromatic carbocycles. The summed E-state index contributed by atoms with van der Waals surface area (Å²) in [5, 5.41) is 10.3. The molecule has 0 unspecified atom stereocenters. The van der Waals surface area contributed by atoms with Gasteiger partial charge in [0.2, 0.25) is 0 Å². The number of thiocarbonyl (C=S) groups is 1. The predicted octanol–water partition coefficient (Wildman–Crippen LogP) is 2.11. The second-order valence-corrected chi connectivity index (χ2v) is 5.51. The quantitative estimate of drug-likeness (QED) is 0.792. The van der Waals surface area contributed by atoms with Crippen molar-refractivity contribution in [2.75, 3.05) is 13.1 Å². The number of thiazole rings is 1. The minimum absolute atomic E-state index is 0.612. The van der Waals surface area contributed by atoms with Crippen LogP contribution in [0.1, 0.15) is 24.5 Å². The number of rotatable bonds is 5. The van der Waals surface area contributed by atoms with Crippen molar-refractivity contribution in [3.8, 4) is 0 Å². The molecule has 0 aliphatic rings. The lowest BCUT2D eigenvalue weighted by Crippen LogP contribution is -2.38. The zero-order chi connectivity index (χ0) is 12.0. The largest absolute Gasteiger partial charge is 0.362 e. The molecular weight excluding hydrogens is 238 g/mol. The summed E-state index contributed by atoms with van der Waals surface area (Å²) >= 11 is 6.86. The second-order valence-electron chi connectivity index (χ2n) is 4.16. The molecule has 1 aromatic heterocycles. The van der Waals surface area contributed by atoms with Gasteiger partial charge < -0.3 is 10.6 Å². The van der Waals surface area contributed by atoms with Gasteiger partial charge in [-0.3, -0.25) is 0 Å². The first-order valence-corrected chi connectivity index (χ1v) is 6.79. The summed E-state index contributed by atoms with van der Waals surface area (Å²) < 4.78 is 0. The fourth-order valence-electron chi connectivity index (χ4n) is 1.16. The van der Waals surface area contributed by atoms with Gasteiger partial charge in [0, 0.05) is 30.6 Å². The number of aromatic nitrogens is 1. The van der Waals surface area contributed by atoms with E-state index in [-0.39, 0.29) is 0 Å². The van der Waals surface area contributed by atoms with Crippen LogP contribution in [0.5, 0.6) is 0 Å². The van der Waals surface area contributed by atoms with E-state index in [2.05, 4.69) is 34.8 Å². The van der Waals surface area contributed by atoms with Gasteiger partial charge in [-0.15, -0.1) is 11.3 Å². The van der Waals surface area contributed by atoms with E-state index in [0.717, 1.165) is 35.3 Å². The lowest BCUT2D eigenvalue weighted by molar-refractivity contribution is 0.619. The molecule has 3 nitrogen and oxygen atoms in total. The Kier molecular flexibility index (Phi) is 5.69. The number of nitrogens with zero attached hydrogens (tertiary/aromatic N) is 1. The first-order chi connectivity index (χ1) is 7.58. The molecule has 0 amide bonds. The molecule has 0 radical (unpaired) electrons. The summed E-state index contributed by atoms with van der Waals surface area (Å²) in [5.74, 6) is 0.612. The number of nitrogens with one attached hydrogen (secondary N) is 2. The highest BCUT2D eigenvalue weighted by atomic mass is 32.1. The third kappa shape index (κ3) is 5.42. The Hall–Kier alpha value is -0.680. The van der Waals surface area contributed by atoms with Gasteiger partial charge in [0.25, 0.3) is 0 Å². The molecule has 1 heterocycles. The molecule has 0 saturated heterocycles. The smallest absolute Gasteiger partial charge is 0.166 e. The summed E-state index contributed by atoms with van der Waals surface area (Å²) in [6.07, 6.45) is 0.933. The molecule has 0 spiro atoms. The summed E-state index contributed by atoms with van der Waals surface area (Å²) in [6, 6.07) is 0. The summed E-state index contributed by atoms with van der Waals surface area (Å²) in [4.78, 5) is 4.40. The van der Waals surface area contributed by atoms with E-state index < -0.39 is 0 Å². The molecule has 0 aliphatic heterocycles. The Labute approximate surface area is 107 Å². The molecule has 0 aliphatic carbocycles. The minimum Gasteiger partial charge on any atom is -0.362 e. The standard InChI is InChI=1S/C11H19N3S2/c1-8(2)6-13-11(15)12-5-4-10-14-9(3)7-16-10/h7-8H,4-6H2,1-3H3,(H2,12,13,15). The summed E-state index contributed by atoms with van der Waals surface area (Å²) in [6.45, 7) is 8.10. The number of hydrogen-bond donors (Lipinski definition) is 2. The van der Waals surface area contributed by atoms with Crippen LogP contribution in [0.25, 0.3) is 0 Å². The Morgan fingerprint density at radius 2 is 2.25 bits per heavy atom. The normalized spacial score (nSPS) is 10.5. The van der Waals surface area contributed by atoms with E-state index in [1.165, 1.54) is 0 Å². The molecule has 5 heteroatoms. The van der Waals surface area contributed by atoms with Gasteiger partial charge in [0.15, 0.2) is 5.11 Å². The average molecular weight is 257 g/mol. The Morgan fingerprint density at radius 1 is 1.50 bits per heavy atom. The molecule has 1 rings (SSSR count). The van der Waals surface area contributed by atoms with Crippen molar-refractivity contribution in [2.24, 2.45) is 5.92 Å². The van der Waals surface area contributed by atoms with Crippen molar-refractivity contribution in [1.29, 1.82) is 0 Å². The molecule has 16 heavy (non-hydrogen) atoms. The van der Waals surface area contributed by atoms with Gasteiger partial charge in [0.1, 0.15) is 0 Å². The van der Waals surface area contributed by atoms with Gasteiger partial charge in [-0.05, 0) is 25.1 Å². The van der Waals surface area contributed by atoms with Crippen LogP contribution in [-0.4, -0.2) is 23.2 Å². The van der Waals surface area contributed by atoms with E-state index in [9.17, 15) is 0 Å². The zero-order valence-electron chi connectivity index (χ0n) is 10.0. The molecule has 1 aromatic rings. The van der Waals surface area contributed by atoms with Crippen LogP contribution in [0.4, 0.5) is 0 Å². The highest BCUT2D eigenvalue weighted by Crippen LogP contribution is 2.08. The molecular formula is C11H19N3S2. The van der Waals surface area contributed by atoms with E-state index >= 15 is 0 Å². The first-order valence-electron chi connectivity index (χ1n) is 5.50. The van der Waals surface area contributed by atoms with E-state index in [1.807, 2.05) is 6.92 Å². The molecule has 0 fully saturated rings. The summed E-state index contributed by atoms with van der Waals surface area (Å²) in [5.41, 5.74) is 1.10. The maximum Gasteiger partial charge on any atom is 0.166 e. The van der Waals surface area contributed by atoms with Crippen molar-refractivity contribution in [1.82, 2.24) is 15.6 Å². The van der Waals surface area contributed by atoms with Crippen LogP contribution < -0.4 is 10.6 Å². The van der Waals surface area contributed by atoms with Gasteiger partial charge in [-0.1, -0.05) is 13.8 Å². The van der Waals surface area contributed by atoms with Gasteiger partial charge in [0.05, 0.1) is 5.01 Å². The Bertz CT molecular complexity index is 334. The van der Waals surface area contributed by atoms with E-state index in [0.29, 0.717) is 5.92 Å². The minimum atomic E-state index is 0.612. The van der Waals surface area contributed by atoms with Crippen LogP contribution in [0, 0.1) is 12.8 Å². The fourth-order valence-corrected chi connectivity index (χ4v) is 2.12. The van der Waals surface area contributed by atoms with Gasteiger partial charge >= 0.3 is 0 Å². The summed E-state index contributed by atoms with van der Waals surface area (Å²) in [7, 11) is 0. The lowest BCUT2D eigenvalue weighted by Gasteiger charge is -2.11. The predicted molar refractivity (Wildman–Crippen MR) is 74.0 cm³/mol. The molecule has 90 valence electrons. The topological polar surface area (TPSA) is 37.0 Å². The van der Waals surface area contributed by atoms with Crippen molar-refractivity contribution < 1.29 is 0 Å². The highest BCUT2D eigenvalue weighted by Gasteiger charge is 2.00. The van der Waals surface area contributed by atoms with Crippen molar-refractivity contribution in [3.05, 3.63) is 16.1 Å². The Balaban J connectivity index is 2.13. The van der Waals surface area contributed by atoms with E-state index in [1.54, 1.807) is 11.3 Å². The lowest BCUT2D eigenvalue weighted by atomic mass is 10.2. The van der Waals surface area contributed by atoms with Crippen LogP contribution >= 0.6 is 23.6 Å². The highest BCUT2D eigenvalue weighted by molar-refractivity contribution is 7.80.